The Morgan fingerprint density at radius 2 is 1.93 bits per heavy atom. The second-order valence-corrected chi connectivity index (χ2v) is 5.76. The van der Waals surface area contributed by atoms with Crippen LogP contribution in [0.3, 0.4) is 0 Å². The van der Waals surface area contributed by atoms with Crippen molar-refractivity contribution in [3.63, 3.8) is 0 Å². The van der Waals surface area contributed by atoms with Crippen molar-refractivity contribution in [3.8, 4) is 17.4 Å². The third-order valence-corrected chi connectivity index (χ3v) is 3.65. The number of halogens is 1. The zero-order valence-corrected chi connectivity index (χ0v) is 18.5. The maximum absolute atomic E-state index is 5.75. The third-order valence-electron chi connectivity index (χ3n) is 3.65. The number of pyridine rings is 1. The number of nitrogens with zero attached hydrogens (tertiary/aromatic N) is 2. The quantitative estimate of drug-likeness (QED) is 0.240. The lowest BCUT2D eigenvalue weighted by atomic mass is 10.3. The highest BCUT2D eigenvalue weighted by molar-refractivity contribution is 14.0. The summed E-state index contributed by atoms with van der Waals surface area (Å²) >= 11 is 0. The van der Waals surface area contributed by atoms with Crippen molar-refractivity contribution in [2.45, 2.75) is 33.2 Å². The average molecular weight is 484 g/mol. The van der Waals surface area contributed by atoms with Crippen molar-refractivity contribution < 1.29 is 9.47 Å². The summed E-state index contributed by atoms with van der Waals surface area (Å²) in [5, 5.41) is 6.58. The number of hydrogen-bond donors (Lipinski definition) is 2. The molecule has 2 N–H and O–H groups in total. The predicted molar refractivity (Wildman–Crippen MR) is 120 cm³/mol. The van der Waals surface area contributed by atoms with E-state index < -0.39 is 0 Å². The summed E-state index contributed by atoms with van der Waals surface area (Å²) < 4.78 is 10.9. The Morgan fingerprint density at radius 1 is 1.11 bits per heavy atom. The molecule has 0 aliphatic heterocycles. The number of aliphatic imine (C=N–C) groups is 1. The fourth-order valence-electron chi connectivity index (χ4n) is 2.25. The Morgan fingerprint density at radius 3 is 2.59 bits per heavy atom. The van der Waals surface area contributed by atoms with Crippen LogP contribution >= 0.6 is 24.0 Å². The predicted octanol–water partition coefficient (Wildman–Crippen LogP) is 4.36. The molecule has 0 aliphatic rings. The van der Waals surface area contributed by atoms with Crippen molar-refractivity contribution in [2.24, 2.45) is 4.99 Å². The van der Waals surface area contributed by atoms with Crippen LogP contribution in [0.5, 0.6) is 17.4 Å². The van der Waals surface area contributed by atoms with Gasteiger partial charge in [-0.2, -0.15) is 0 Å². The van der Waals surface area contributed by atoms with Crippen LogP contribution in [0.25, 0.3) is 0 Å². The number of hydrogen-bond acceptors (Lipinski definition) is 4. The van der Waals surface area contributed by atoms with Gasteiger partial charge in [0.25, 0.3) is 0 Å². The molecule has 1 aromatic heterocycles. The van der Waals surface area contributed by atoms with Crippen molar-refractivity contribution >= 4 is 29.9 Å². The number of ether oxygens (including phenoxy) is 2. The zero-order valence-electron chi connectivity index (χ0n) is 16.2. The number of unbranched alkanes of at least 4 members (excludes halogenated alkanes) is 1. The van der Waals surface area contributed by atoms with Gasteiger partial charge in [-0.1, -0.05) is 25.5 Å². The first-order valence-electron chi connectivity index (χ1n) is 9.04. The van der Waals surface area contributed by atoms with E-state index in [0.29, 0.717) is 18.2 Å². The first kappa shape index (κ1) is 23.0. The van der Waals surface area contributed by atoms with Gasteiger partial charge >= 0.3 is 0 Å². The Hall–Kier alpha value is -2.03. The standard InChI is InChI=1S/C20H28N4O2.HI/c1-4-6-12-22-20(21-5-2)24-15-16-10-11-19(23-14-16)26-18-9-7-8-17(13-18)25-3;/h7-11,13-14H,4-6,12,15H2,1-3H3,(H2,21,22,24);1H. The minimum atomic E-state index is 0. The number of nitrogens with one attached hydrogen (secondary N) is 2. The molecule has 2 aromatic rings. The normalized spacial score (nSPS) is 10.7. The number of guanidine groups is 1. The second kappa shape index (κ2) is 13.2. The van der Waals surface area contributed by atoms with E-state index >= 15 is 0 Å². The van der Waals surface area contributed by atoms with Gasteiger partial charge in [-0.25, -0.2) is 9.98 Å². The molecule has 0 unspecified atom stereocenters. The third kappa shape index (κ3) is 8.47. The number of aromatic nitrogens is 1. The number of rotatable bonds is 9. The monoisotopic (exact) mass is 484 g/mol. The molecule has 0 radical (unpaired) electrons. The zero-order chi connectivity index (χ0) is 18.6. The van der Waals surface area contributed by atoms with E-state index in [9.17, 15) is 0 Å². The van der Waals surface area contributed by atoms with Crippen LogP contribution in [0.15, 0.2) is 47.6 Å². The molecule has 148 valence electrons. The molecular formula is C20H29IN4O2. The maximum atomic E-state index is 5.75. The summed E-state index contributed by atoms with van der Waals surface area (Å²) in [5.41, 5.74) is 1.02. The van der Waals surface area contributed by atoms with Gasteiger partial charge in [0.15, 0.2) is 5.96 Å². The van der Waals surface area contributed by atoms with Crippen molar-refractivity contribution in [2.75, 3.05) is 20.2 Å². The van der Waals surface area contributed by atoms with Crippen LogP contribution in [0.4, 0.5) is 0 Å². The minimum absolute atomic E-state index is 0. The first-order valence-corrected chi connectivity index (χ1v) is 9.04. The van der Waals surface area contributed by atoms with E-state index in [1.807, 2.05) is 36.4 Å². The highest BCUT2D eigenvalue weighted by Gasteiger charge is 2.02. The summed E-state index contributed by atoms with van der Waals surface area (Å²) in [7, 11) is 1.63. The Labute approximate surface area is 178 Å². The molecule has 0 bridgehead atoms. The molecule has 2 rings (SSSR count). The van der Waals surface area contributed by atoms with E-state index in [2.05, 4.69) is 34.5 Å². The van der Waals surface area contributed by atoms with Gasteiger partial charge in [0.05, 0.1) is 13.7 Å². The molecule has 0 fully saturated rings. The molecule has 0 amide bonds. The molecule has 0 spiro atoms. The van der Waals surface area contributed by atoms with Crippen LogP contribution in [0, 0.1) is 0 Å². The fraction of sp³-hybridized carbons (Fsp3) is 0.400. The Balaban J connectivity index is 0.00000364. The number of benzene rings is 1. The summed E-state index contributed by atoms with van der Waals surface area (Å²) in [6, 6.07) is 11.3. The second-order valence-electron chi connectivity index (χ2n) is 5.76. The van der Waals surface area contributed by atoms with E-state index in [-0.39, 0.29) is 24.0 Å². The highest BCUT2D eigenvalue weighted by atomic mass is 127. The van der Waals surface area contributed by atoms with E-state index in [4.69, 9.17) is 9.47 Å². The average Bonchev–Trinajstić information content (AvgIpc) is 2.67. The summed E-state index contributed by atoms with van der Waals surface area (Å²) in [4.78, 5) is 8.94. The molecule has 0 saturated carbocycles. The minimum Gasteiger partial charge on any atom is -0.497 e. The molecule has 7 heteroatoms. The maximum Gasteiger partial charge on any atom is 0.219 e. The smallest absolute Gasteiger partial charge is 0.219 e. The van der Waals surface area contributed by atoms with Crippen LogP contribution < -0.4 is 20.1 Å². The van der Waals surface area contributed by atoms with Crippen LogP contribution in [-0.4, -0.2) is 31.1 Å². The number of methoxy groups -OCH3 is 1. The van der Waals surface area contributed by atoms with Gasteiger partial charge in [-0.05, 0) is 31.0 Å². The summed E-state index contributed by atoms with van der Waals surface area (Å²) in [6.45, 7) is 6.56. The molecule has 0 atom stereocenters. The highest BCUT2D eigenvalue weighted by Crippen LogP contribution is 2.23. The SMILES string of the molecule is CCCCNC(=NCc1ccc(Oc2cccc(OC)c2)nc1)NCC.I. The van der Waals surface area contributed by atoms with E-state index in [1.165, 1.54) is 0 Å². The van der Waals surface area contributed by atoms with Crippen molar-refractivity contribution in [1.29, 1.82) is 0 Å². The van der Waals surface area contributed by atoms with Gasteiger partial charge in [0, 0.05) is 31.4 Å². The van der Waals surface area contributed by atoms with Crippen LogP contribution in [-0.2, 0) is 6.54 Å². The summed E-state index contributed by atoms with van der Waals surface area (Å²) in [6.07, 6.45) is 4.07. The largest absolute Gasteiger partial charge is 0.497 e. The lowest BCUT2D eigenvalue weighted by Gasteiger charge is -2.11. The topological polar surface area (TPSA) is 67.8 Å². The lowest BCUT2D eigenvalue weighted by Crippen LogP contribution is -2.37. The molecule has 6 nitrogen and oxygen atoms in total. The van der Waals surface area contributed by atoms with Gasteiger partial charge in [0.2, 0.25) is 5.88 Å². The van der Waals surface area contributed by atoms with Crippen molar-refractivity contribution in [3.05, 3.63) is 48.2 Å². The molecule has 0 aliphatic carbocycles. The molecule has 27 heavy (non-hydrogen) atoms. The van der Waals surface area contributed by atoms with Gasteiger partial charge in [-0.15, -0.1) is 24.0 Å². The molecular weight excluding hydrogens is 455 g/mol. The van der Waals surface area contributed by atoms with Gasteiger partial charge in [0.1, 0.15) is 11.5 Å². The fourth-order valence-corrected chi connectivity index (χ4v) is 2.25. The van der Waals surface area contributed by atoms with E-state index in [0.717, 1.165) is 43.2 Å². The lowest BCUT2D eigenvalue weighted by molar-refractivity contribution is 0.407. The molecule has 0 saturated heterocycles. The van der Waals surface area contributed by atoms with Crippen LogP contribution in [0.2, 0.25) is 0 Å². The van der Waals surface area contributed by atoms with Gasteiger partial charge < -0.3 is 20.1 Å². The first-order chi connectivity index (χ1) is 12.7. The molecule has 1 heterocycles. The Bertz CT molecular complexity index is 693. The van der Waals surface area contributed by atoms with E-state index in [1.54, 1.807) is 13.3 Å². The van der Waals surface area contributed by atoms with Crippen LogP contribution in [0.1, 0.15) is 32.3 Å². The summed E-state index contributed by atoms with van der Waals surface area (Å²) in [5.74, 6) is 2.81. The van der Waals surface area contributed by atoms with Crippen molar-refractivity contribution in [1.82, 2.24) is 15.6 Å². The Kier molecular flexibility index (Phi) is 11.2. The van der Waals surface area contributed by atoms with Gasteiger partial charge in [-0.3, -0.25) is 0 Å². The molecule has 1 aromatic carbocycles.